The van der Waals surface area contributed by atoms with Crippen LogP contribution in [0.5, 0.6) is 0 Å². The third-order valence-electron chi connectivity index (χ3n) is 6.20. The number of nitrogens with one attached hydrogen (secondary N) is 2. The fourth-order valence-corrected chi connectivity index (χ4v) is 4.65. The van der Waals surface area contributed by atoms with Crippen molar-refractivity contribution < 1.29 is 17.9 Å². The maximum Gasteiger partial charge on any atom is 0.255 e. The molecule has 7 nitrogen and oxygen atoms in total. The molecule has 180 valence electrons. The van der Waals surface area contributed by atoms with Gasteiger partial charge >= 0.3 is 0 Å². The normalized spacial score (nSPS) is 21.2. The number of benzene rings is 2. The lowest BCUT2D eigenvalue weighted by Gasteiger charge is -2.43. The number of carbonyl (C=O) groups excluding carboxylic acids is 1. The van der Waals surface area contributed by atoms with Gasteiger partial charge in [-0.25, -0.2) is 8.42 Å². The van der Waals surface area contributed by atoms with E-state index in [1.54, 1.807) is 38.1 Å². The smallest absolute Gasteiger partial charge is 0.255 e. The van der Waals surface area contributed by atoms with Crippen molar-refractivity contribution in [3.8, 4) is 0 Å². The molecule has 1 aliphatic heterocycles. The molecule has 1 heterocycles. The van der Waals surface area contributed by atoms with Gasteiger partial charge in [-0.15, -0.1) is 0 Å². The van der Waals surface area contributed by atoms with Crippen LogP contribution in [0.25, 0.3) is 0 Å². The van der Waals surface area contributed by atoms with Gasteiger partial charge in [-0.2, -0.15) is 0 Å². The van der Waals surface area contributed by atoms with Crippen LogP contribution in [-0.2, 0) is 14.8 Å². The molecule has 2 aromatic rings. The molecule has 0 aliphatic carbocycles. The molecule has 1 unspecified atom stereocenters. The zero-order valence-electron chi connectivity index (χ0n) is 20.5. The maximum absolute atomic E-state index is 12.8. The van der Waals surface area contributed by atoms with E-state index in [9.17, 15) is 13.2 Å². The standard InChI is InChI=1S/C25H35N3O4S/c1-15(2)33(30,31)27-22-10-8-21(9-11-22)25(29)26-23-12-17(4)24(13-16(23)3)28-14-18(5)32-20(7)19(28)6/h8-13,15,18-20,27H,14H2,1-7H3,(H,26,29)/t18-,19?,20+/m0/s1. The lowest BCUT2D eigenvalue weighted by Crippen LogP contribution is -2.52. The Labute approximate surface area is 197 Å². The topological polar surface area (TPSA) is 87.7 Å². The van der Waals surface area contributed by atoms with E-state index in [0.717, 1.165) is 29.0 Å². The highest BCUT2D eigenvalue weighted by Gasteiger charge is 2.30. The molecular weight excluding hydrogens is 438 g/mol. The van der Waals surface area contributed by atoms with E-state index in [0.29, 0.717) is 11.3 Å². The zero-order chi connectivity index (χ0) is 24.5. The van der Waals surface area contributed by atoms with Crippen LogP contribution >= 0.6 is 0 Å². The van der Waals surface area contributed by atoms with E-state index in [1.807, 2.05) is 13.0 Å². The predicted molar refractivity (Wildman–Crippen MR) is 135 cm³/mol. The number of ether oxygens (including phenoxy) is 1. The quantitative estimate of drug-likeness (QED) is 0.635. The molecule has 8 heteroatoms. The highest BCUT2D eigenvalue weighted by atomic mass is 32.2. The van der Waals surface area contributed by atoms with E-state index in [1.165, 1.54) is 0 Å². The number of nitrogens with zero attached hydrogens (tertiary/aromatic N) is 1. The zero-order valence-corrected chi connectivity index (χ0v) is 21.3. The van der Waals surface area contributed by atoms with Crippen molar-refractivity contribution >= 4 is 33.0 Å². The molecular formula is C25H35N3O4S. The number of hydrogen-bond acceptors (Lipinski definition) is 5. The first kappa shape index (κ1) is 25.1. The van der Waals surface area contributed by atoms with Gasteiger partial charge in [0.1, 0.15) is 0 Å². The Hall–Kier alpha value is -2.58. The summed E-state index contributed by atoms with van der Waals surface area (Å²) in [6, 6.07) is 10.8. The summed E-state index contributed by atoms with van der Waals surface area (Å²) in [4.78, 5) is 15.2. The lowest BCUT2D eigenvalue weighted by molar-refractivity contribution is -0.0258. The van der Waals surface area contributed by atoms with Gasteiger partial charge in [0, 0.05) is 29.2 Å². The van der Waals surface area contributed by atoms with Gasteiger partial charge in [0.05, 0.1) is 23.5 Å². The first-order valence-electron chi connectivity index (χ1n) is 11.4. The van der Waals surface area contributed by atoms with Gasteiger partial charge in [-0.05, 0) is 96.0 Å². The molecule has 0 bridgehead atoms. The highest BCUT2D eigenvalue weighted by Crippen LogP contribution is 2.32. The largest absolute Gasteiger partial charge is 0.372 e. The molecule has 3 atom stereocenters. The molecule has 0 aromatic heterocycles. The Morgan fingerprint density at radius 2 is 1.70 bits per heavy atom. The van der Waals surface area contributed by atoms with Crippen LogP contribution < -0.4 is 14.9 Å². The van der Waals surface area contributed by atoms with E-state index < -0.39 is 15.3 Å². The average molecular weight is 474 g/mol. The fourth-order valence-electron chi connectivity index (χ4n) is 3.95. The average Bonchev–Trinajstić information content (AvgIpc) is 2.73. The van der Waals surface area contributed by atoms with E-state index >= 15 is 0 Å². The minimum absolute atomic E-state index is 0.140. The van der Waals surface area contributed by atoms with Crippen molar-refractivity contribution in [2.45, 2.75) is 72.0 Å². The second-order valence-corrected chi connectivity index (χ2v) is 11.5. The number of anilines is 3. The van der Waals surface area contributed by atoms with Gasteiger partial charge < -0.3 is 15.0 Å². The second kappa shape index (κ2) is 9.73. The van der Waals surface area contributed by atoms with Gasteiger partial charge in [0.25, 0.3) is 5.91 Å². The van der Waals surface area contributed by atoms with Gasteiger partial charge in [-0.3, -0.25) is 9.52 Å². The molecule has 0 radical (unpaired) electrons. The van der Waals surface area contributed by atoms with Crippen LogP contribution in [0.2, 0.25) is 0 Å². The Bertz CT molecular complexity index is 1110. The van der Waals surface area contributed by atoms with Crippen molar-refractivity contribution in [2.24, 2.45) is 0 Å². The van der Waals surface area contributed by atoms with Crippen molar-refractivity contribution in [1.82, 2.24) is 0 Å². The first-order valence-corrected chi connectivity index (χ1v) is 12.9. The van der Waals surface area contributed by atoms with Crippen LogP contribution in [0.15, 0.2) is 36.4 Å². The summed E-state index contributed by atoms with van der Waals surface area (Å²) in [5.41, 5.74) is 4.86. The maximum atomic E-state index is 12.8. The summed E-state index contributed by atoms with van der Waals surface area (Å²) in [7, 11) is -3.43. The van der Waals surface area contributed by atoms with Crippen LogP contribution in [0, 0.1) is 13.8 Å². The van der Waals surface area contributed by atoms with Crippen LogP contribution in [0.3, 0.4) is 0 Å². The summed E-state index contributed by atoms with van der Waals surface area (Å²) in [6.07, 6.45) is 0.295. The monoisotopic (exact) mass is 473 g/mol. The third kappa shape index (κ3) is 5.68. The number of aryl methyl sites for hydroxylation is 2. The summed E-state index contributed by atoms with van der Waals surface area (Å²) in [5.74, 6) is -0.245. The number of carbonyl (C=O) groups is 1. The highest BCUT2D eigenvalue weighted by molar-refractivity contribution is 7.93. The van der Waals surface area contributed by atoms with Crippen molar-refractivity contribution in [2.75, 3.05) is 21.5 Å². The van der Waals surface area contributed by atoms with E-state index in [2.05, 4.69) is 48.7 Å². The Morgan fingerprint density at radius 1 is 1.06 bits per heavy atom. The molecule has 1 fully saturated rings. The summed E-state index contributed by atoms with van der Waals surface area (Å²) in [6.45, 7) is 14.4. The number of sulfonamides is 1. The molecule has 2 N–H and O–H groups in total. The molecule has 33 heavy (non-hydrogen) atoms. The SMILES string of the molecule is Cc1cc(N2C[C@H](C)O[C@H](C)C2C)c(C)cc1NC(=O)c1ccc(NS(=O)(=O)C(C)C)cc1. The number of hydrogen-bond donors (Lipinski definition) is 2. The van der Waals surface area contributed by atoms with Gasteiger partial charge in [0.2, 0.25) is 10.0 Å². The molecule has 1 amide bonds. The lowest BCUT2D eigenvalue weighted by atomic mass is 10.0. The van der Waals surface area contributed by atoms with Crippen molar-refractivity contribution in [1.29, 1.82) is 0 Å². The number of morpholine rings is 1. The Kier molecular flexibility index (Phi) is 7.39. The molecule has 3 rings (SSSR count). The van der Waals surface area contributed by atoms with Gasteiger partial charge in [-0.1, -0.05) is 0 Å². The first-order chi connectivity index (χ1) is 15.4. The molecule has 1 saturated heterocycles. The number of rotatable bonds is 6. The van der Waals surface area contributed by atoms with E-state index in [4.69, 9.17) is 4.74 Å². The molecule has 1 aliphatic rings. The van der Waals surface area contributed by atoms with E-state index in [-0.39, 0.29) is 24.2 Å². The summed E-state index contributed by atoms with van der Waals surface area (Å²) < 4.78 is 32.5. The van der Waals surface area contributed by atoms with Crippen LogP contribution in [0.1, 0.15) is 56.1 Å². The third-order valence-corrected chi connectivity index (χ3v) is 7.96. The van der Waals surface area contributed by atoms with Crippen LogP contribution in [0.4, 0.5) is 17.1 Å². The summed E-state index contributed by atoms with van der Waals surface area (Å²) in [5, 5.41) is 2.45. The van der Waals surface area contributed by atoms with Gasteiger partial charge in [0.15, 0.2) is 0 Å². The number of amides is 1. The molecule has 2 aromatic carbocycles. The summed E-state index contributed by atoms with van der Waals surface area (Å²) >= 11 is 0. The Balaban J connectivity index is 1.76. The minimum atomic E-state index is -3.43. The molecule has 0 spiro atoms. The Morgan fingerprint density at radius 3 is 2.30 bits per heavy atom. The van der Waals surface area contributed by atoms with Crippen molar-refractivity contribution in [3.05, 3.63) is 53.1 Å². The minimum Gasteiger partial charge on any atom is -0.372 e. The second-order valence-electron chi connectivity index (χ2n) is 9.23. The fraction of sp³-hybridized carbons (Fsp3) is 0.480. The van der Waals surface area contributed by atoms with Crippen molar-refractivity contribution in [3.63, 3.8) is 0 Å². The van der Waals surface area contributed by atoms with Crippen LogP contribution in [-0.4, -0.2) is 44.4 Å². The molecule has 0 saturated carbocycles. The predicted octanol–water partition coefficient (Wildman–Crippen LogP) is 4.71.